The highest BCUT2D eigenvalue weighted by molar-refractivity contribution is 7.12. The predicted molar refractivity (Wildman–Crippen MR) is 129 cm³/mol. The van der Waals surface area contributed by atoms with Crippen molar-refractivity contribution in [3.05, 3.63) is 64.9 Å². The molecule has 1 atom stereocenters. The number of amides is 3. The molecule has 8 heteroatoms. The van der Waals surface area contributed by atoms with Crippen LogP contribution in [0.4, 0.5) is 0 Å². The van der Waals surface area contributed by atoms with Crippen molar-refractivity contribution in [2.75, 3.05) is 19.7 Å². The average molecular weight is 470 g/mol. The van der Waals surface area contributed by atoms with Gasteiger partial charge in [-0.1, -0.05) is 37.1 Å². The molecule has 0 saturated heterocycles. The van der Waals surface area contributed by atoms with Crippen LogP contribution < -0.4 is 15.4 Å². The summed E-state index contributed by atoms with van der Waals surface area (Å²) < 4.78 is 5.52. The maximum absolute atomic E-state index is 13.4. The molecule has 1 heterocycles. The van der Waals surface area contributed by atoms with Crippen molar-refractivity contribution in [1.82, 2.24) is 15.5 Å². The van der Waals surface area contributed by atoms with Crippen LogP contribution in [0.3, 0.4) is 0 Å². The van der Waals surface area contributed by atoms with Crippen LogP contribution in [0, 0.1) is 0 Å². The molecule has 1 aromatic carbocycles. The lowest BCUT2D eigenvalue weighted by Gasteiger charge is -2.31. The SMILES string of the molecule is C=CCN(C(=O)CNC(=O)c1cccs1)[C@@H](C(=O)NC1CCCC1)c1ccc(OCC)cc1. The van der Waals surface area contributed by atoms with Crippen molar-refractivity contribution >= 4 is 29.1 Å². The first-order valence-corrected chi connectivity index (χ1v) is 12.2. The van der Waals surface area contributed by atoms with E-state index in [9.17, 15) is 14.4 Å². The fourth-order valence-corrected chi connectivity index (χ4v) is 4.62. The highest BCUT2D eigenvalue weighted by Crippen LogP contribution is 2.26. The molecule has 33 heavy (non-hydrogen) atoms. The molecule has 0 aliphatic heterocycles. The van der Waals surface area contributed by atoms with E-state index in [0.717, 1.165) is 25.7 Å². The first-order valence-electron chi connectivity index (χ1n) is 11.3. The molecule has 0 radical (unpaired) electrons. The molecule has 176 valence electrons. The molecule has 1 aliphatic rings. The maximum Gasteiger partial charge on any atom is 0.261 e. The minimum Gasteiger partial charge on any atom is -0.494 e. The van der Waals surface area contributed by atoms with Crippen molar-refractivity contribution < 1.29 is 19.1 Å². The summed E-state index contributed by atoms with van der Waals surface area (Å²) in [5.74, 6) is -0.211. The highest BCUT2D eigenvalue weighted by atomic mass is 32.1. The van der Waals surface area contributed by atoms with Crippen LogP contribution >= 0.6 is 11.3 Å². The summed E-state index contributed by atoms with van der Waals surface area (Å²) in [6.07, 6.45) is 5.64. The van der Waals surface area contributed by atoms with Gasteiger partial charge in [0.1, 0.15) is 11.8 Å². The van der Waals surface area contributed by atoms with Crippen molar-refractivity contribution in [2.45, 2.75) is 44.7 Å². The summed E-state index contributed by atoms with van der Waals surface area (Å²) in [6, 6.07) is 9.94. The standard InChI is InChI=1S/C25H31N3O4S/c1-3-15-28(22(29)17-26-24(30)21-10-7-16-33-21)23(25(31)27-19-8-5-6-9-19)18-11-13-20(14-12-18)32-4-2/h3,7,10-14,16,19,23H,1,4-6,8-9,15,17H2,2H3,(H,26,30)(H,27,31)/t23-/m1/s1. The van der Waals surface area contributed by atoms with Gasteiger partial charge < -0.3 is 20.3 Å². The lowest BCUT2D eigenvalue weighted by Crippen LogP contribution is -2.48. The monoisotopic (exact) mass is 469 g/mol. The Morgan fingerprint density at radius 1 is 1.21 bits per heavy atom. The van der Waals surface area contributed by atoms with Gasteiger partial charge in [-0.3, -0.25) is 14.4 Å². The van der Waals surface area contributed by atoms with E-state index in [-0.39, 0.29) is 36.9 Å². The molecule has 7 nitrogen and oxygen atoms in total. The number of thiophene rings is 1. The van der Waals surface area contributed by atoms with Crippen LogP contribution in [0.15, 0.2) is 54.4 Å². The second-order valence-corrected chi connectivity index (χ2v) is 8.84. The molecule has 1 aliphatic carbocycles. The van der Waals surface area contributed by atoms with Gasteiger partial charge in [-0.25, -0.2) is 0 Å². The van der Waals surface area contributed by atoms with E-state index in [1.54, 1.807) is 47.9 Å². The molecule has 2 aromatic rings. The first-order chi connectivity index (χ1) is 16.0. The molecule has 1 aromatic heterocycles. The Bertz CT molecular complexity index is 937. The van der Waals surface area contributed by atoms with Crippen molar-refractivity contribution in [2.24, 2.45) is 0 Å². The summed E-state index contributed by atoms with van der Waals surface area (Å²) in [5.41, 5.74) is 0.675. The summed E-state index contributed by atoms with van der Waals surface area (Å²) in [7, 11) is 0. The van der Waals surface area contributed by atoms with Gasteiger partial charge in [-0.15, -0.1) is 17.9 Å². The zero-order valence-corrected chi connectivity index (χ0v) is 19.7. The molecule has 2 N–H and O–H groups in total. The molecule has 0 spiro atoms. The van der Waals surface area contributed by atoms with E-state index in [2.05, 4.69) is 17.2 Å². The lowest BCUT2D eigenvalue weighted by atomic mass is 10.0. The largest absolute Gasteiger partial charge is 0.494 e. The first kappa shape index (κ1) is 24.5. The van der Waals surface area contributed by atoms with Gasteiger partial charge in [0.15, 0.2) is 0 Å². The topological polar surface area (TPSA) is 87.7 Å². The summed E-state index contributed by atoms with van der Waals surface area (Å²) in [4.78, 5) is 40.9. The molecule has 1 saturated carbocycles. The highest BCUT2D eigenvalue weighted by Gasteiger charge is 2.32. The van der Waals surface area contributed by atoms with Gasteiger partial charge >= 0.3 is 0 Å². The van der Waals surface area contributed by atoms with Crippen LogP contribution in [0.5, 0.6) is 5.75 Å². The van der Waals surface area contributed by atoms with E-state index in [1.165, 1.54) is 16.2 Å². The Morgan fingerprint density at radius 2 is 1.94 bits per heavy atom. The van der Waals surface area contributed by atoms with Crippen LogP contribution in [0.1, 0.15) is 53.9 Å². The van der Waals surface area contributed by atoms with Gasteiger partial charge in [0.25, 0.3) is 5.91 Å². The second kappa shape index (κ2) is 12.2. The summed E-state index contributed by atoms with van der Waals surface area (Å²) in [6.45, 7) is 6.16. The second-order valence-electron chi connectivity index (χ2n) is 7.89. The fraction of sp³-hybridized carbons (Fsp3) is 0.400. The number of nitrogens with one attached hydrogen (secondary N) is 2. The average Bonchev–Trinajstić information content (AvgIpc) is 3.53. The molecule has 0 unspecified atom stereocenters. The van der Waals surface area contributed by atoms with Crippen molar-refractivity contribution in [1.29, 1.82) is 0 Å². The summed E-state index contributed by atoms with van der Waals surface area (Å²) in [5, 5.41) is 7.58. The van der Waals surface area contributed by atoms with Gasteiger partial charge in [0.05, 0.1) is 18.0 Å². The smallest absolute Gasteiger partial charge is 0.261 e. The minimum absolute atomic E-state index is 0.113. The van der Waals surface area contributed by atoms with E-state index in [0.29, 0.717) is 22.8 Å². The third-order valence-corrected chi connectivity index (χ3v) is 6.43. The molecular formula is C25H31N3O4S. The van der Waals surface area contributed by atoms with Crippen LogP contribution in [-0.4, -0.2) is 48.4 Å². The Balaban J connectivity index is 1.81. The molecule has 0 bridgehead atoms. The summed E-state index contributed by atoms with van der Waals surface area (Å²) >= 11 is 1.30. The van der Waals surface area contributed by atoms with Gasteiger partial charge in [0, 0.05) is 12.6 Å². The molecular weight excluding hydrogens is 438 g/mol. The van der Waals surface area contributed by atoms with E-state index in [1.807, 2.05) is 6.92 Å². The van der Waals surface area contributed by atoms with E-state index < -0.39 is 6.04 Å². The van der Waals surface area contributed by atoms with E-state index >= 15 is 0 Å². The number of ether oxygens (including phenoxy) is 1. The minimum atomic E-state index is -0.842. The number of hydrogen-bond donors (Lipinski definition) is 2. The van der Waals surface area contributed by atoms with Crippen LogP contribution in [0.2, 0.25) is 0 Å². The Kier molecular flexibility index (Phi) is 9.06. The normalized spacial score (nSPS) is 14.3. The van der Waals surface area contributed by atoms with E-state index in [4.69, 9.17) is 4.74 Å². The van der Waals surface area contributed by atoms with Crippen LogP contribution in [0.25, 0.3) is 0 Å². The van der Waals surface area contributed by atoms with Gasteiger partial charge in [0.2, 0.25) is 11.8 Å². The number of benzene rings is 1. The number of hydrogen-bond acceptors (Lipinski definition) is 5. The third kappa shape index (κ3) is 6.68. The maximum atomic E-state index is 13.4. The van der Waals surface area contributed by atoms with Crippen LogP contribution in [-0.2, 0) is 9.59 Å². The van der Waals surface area contributed by atoms with Crippen molar-refractivity contribution in [3.8, 4) is 5.75 Å². The molecule has 1 fully saturated rings. The predicted octanol–water partition coefficient (Wildman–Crippen LogP) is 3.69. The number of nitrogens with zero attached hydrogens (tertiary/aromatic N) is 1. The zero-order valence-electron chi connectivity index (χ0n) is 18.9. The quantitative estimate of drug-likeness (QED) is 0.492. The van der Waals surface area contributed by atoms with Gasteiger partial charge in [-0.05, 0) is 48.9 Å². The third-order valence-electron chi connectivity index (χ3n) is 5.56. The molecule has 3 amide bonds. The Labute approximate surface area is 198 Å². The fourth-order valence-electron chi connectivity index (χ4n) is 3.98. The van der Waals surface area contributed by atoms with Gasteiger partial charge in [-0.2, -0.15) is 0 Å². The Morgan fingerprint density at radius 3 is 2.55 bits per heavy atom. The number of carbonyl (C=O) groups excluding carboxylic acids is 3. The lowest BCUT2D eigenvalue weighted by molar-refractivity contribution is -0.139. The Hall–Kier alpha value is -3.13. The molecule has 3 rings (SSSR count). The zero-order chi connectivity index (χ0) is 23.6. The number of carbonyl (C=O) groups is 3. The number of rotatable bonds is 11. The van der Waals surface area contributed by atoms with Crippen molar-refractivity contribution in [3.63, 3.8) is 0 Å².